The molecule has 0 saturated heterocycles. The summed E-state index contributed by atoms with van der Waals surface area (Å²) in [5.74, 6) is -0.955. The van der Waals surface area contributed by atoms with Crippen molar-refractivity contribution < 1.29 is 33.4 Å². The molecule has 0 bridgehead atoms. The lowest BCUT2D eigenvalue weighted by molar-refractivity contribution is -0.145. The minimum absolute atomic E-state index is 0.136. The van der Waals surface area contributed by atoms with Gasteiger partial charge in [0.25, 0.3) is 0 Å². The average Bonchev–Trinajstić information content (AvgIpc) is 2.66. The van der Waals surface area contributed by atoms with Crippen LogP contribution in [-0.4, -0.2) is 61.5 Å². The molecule has 0 spiro atoms. The molecule has 0 aliphatic rings. The van der Waals surface area contributed by atoms with E-state index in [0.29, 0.717) is 19.3 Å². The van der Waals surface area contributed by atoms with Crippen molar-refractivity contribution in [1.82, 2.24) is 16.0 Å². The van der Waals surface area contributed by atoms with Crippen LogP contribution < -0.4 is 16.0 Å². The predicted molar refractivity (Wildman–Crippen MR) is 120 cm³/mol. The van der Waals surface area contributed by atoms with E-state index in [9.17, 15) is 19.2 Å². The summed E-state index contributed by atoms with van der Waals surface area (Å²) in [6, 6.07) is -1.80. The third-order valence-corrected chi connectivity index (χ3v) is 4.34. The fraction of sp³-hybridized carbons (Fsp3) is 0.818. The Labute approximate surface area is 191 Å². The molecule has 1 unspecified atom stereocenters. The highest BCUT2D eigenvalue weighted by Crippen LogP contribution is 2.10. The van der Waals surface area contributed by atoms with Gasteiger partial charge in [0.15, 0.2) is 0 Å². The van der Waals surface area contributed by atoms with Gasteiger partial charge < -0.3 is 30.2 Å². The van der Waals surface area contributed by atoms with Crippen LogP contribution in [0.1, 0.15) is 74.1 Å². The van der Waals surface area contributed by atoms with Gasteiger partial charge in [-0.2, -0.15) is 0 Å². The summed E-state index contributed by atoms with van der Waals surface area (Å²) in [5.41, 5.74) is -0.738. The van der Waals surface area contributed by atoms with E-state index < -0.39 is 41.7 Å². The molecule has 0 aromatic rings. The fourth-order valence-corrected chi connectivity index (χ4v) is 2.62. The van der Waals surface area contributed by atoms with E-state index >= 15 is 0 Å². The molecule has 0 aliphatic heterocycles. The third kappa shape index (κ3) is 13.7. The van der Waals surface area contributed by atoms with Gasteiger partial charge in [-0.05, 0) is 59.3 Å². The van der Waals surface area contributed by atoms with Gasteiger partial charge in [-0.25, -0.2) is 14.4 Å². The zero-order chi connectivity index (χ0) is 24.9. The molecule has 3 atom stereocenters. The van der Waals surface area contributed by atoms with Crippen LogP contribution in [0.2, 0.25) is 0 Å². The van der Waals surface area contributed by atoms with E-state index in [2.05, 4.69) is 16.0 Å². The molecular weight excluding hydrogens is 418 g/mol. The van der Waals surface area contributed by atoms with Crippen LogP contribution in [0.5, 0.6) is 0 Å². The maximum absolute atomic E-state index is 12.9. The van der Waals surface area contributed by atoms with Crippen molar-refractivity contribution >= 4 is 24.1 Å². The zero-order valence-electron chi connectivity index (χ0n) is 20.7. The summed E-state index contributed by atoms with van der Waals surface area (Å²) in [7, 11) is 1.25. The standard InChI is InChI=1S/C22H41N3O7/c1-9-15(4)31-20(28)23-12-10-11-16(25-21(29)32-22(5,6)7)18(26)24-17(13-14(2)3)19(27)30-8/h14-17H,9-13H2,1-8H3,(H,23,28)(H,24,26)(H,25,29)/t15?,16-,17+/m0/s1. The van der Waals surface area contributed by atoms with Gasteiger partial charge in [0.1, 0.15) is 23.8 Å². The third-order valence-electron chi connectivity index (χ3n) is 4.34. The van der Waals surface area contributed by atoms with Gasteiger partial charge in [-0.15, -0.1) is 0 Å². The van der Waals surface area contributed by atoms with Crippen molar-refractivity contribution in [2.75, 3.05) is 13.7 Å². The van der Waals surface area contributed by atoms with Gasteiger partial charge >= 0.3 is 18.2 Å². The minimum atomic E-state index is -0.962. The van der Waals surface area contributed by atoms with Gasteiger partial charge in [-0.1, -0.05) is 20.8 Å². The van der Waals surface area contributed by atoms with Crippen LogP contribution in [0.3, 0.4) is 0 Å². The van der Waals surface area contributed by atoms with E-state index in [0.717, 1.165) is 0 Å². The summed E-state index contributed by atoms with van der Waals surface area (Å²) >= 11 is 0. The molecular formula is C22H41N3O7. The Hall–Kier alpha value is -2.52. The molecule has 0 heterocycles. The number of methoxy groups -OCH3 is 1. The molecule has 0 aromatic carbocycles. The van der Waals surface area contributed by atoms with Crippen LogP contribution in [-0.2, 0) is 23.8 Å². The second-order valence-corrected chi connectivity index (χ2v) is 9.11. The first-order valence-corrected chi connectivity index (χ1v) is 11.1. The van der Waals surface area contributed by atoms with E-state index in [4.69, 9.17) is 14.2 Å². The highest BCUT2D eigenvalue weighted by atomic mass is 16.6. The second-order valence-electron chi connectivity index (χ2n) is 9.11. The topological polar surface area (TPSA) is 132 Å². The van der Waals surface area contributed by atoms with Crippen LogP contribution >= 0.6 is 0 Å². The van der Waals surface area contributed by atoms with Crippen LogP contribution in [0.15, 0.2) is 0 Å². The summed E-state index contributed by atoms with van der Waals surface area (Å²) in [5, 5.41) is 7.82. The number of esters is 1. The van der Waals surface area contributed by atoms with Crippen molar-refractivity contribution in [3.8, 4) is 0 Å². The molecule has 3 N–H and O–H groups in total. The first-order valence-electron chi connectivity index (χ1n) is 11.1. The Morgan fingerprint density at radius 1 is 0.938 bits per heavy atom. The van der Waals surface area contributed by atoms with Crippen LogP contribution in [0.25, 0.3) is 0 Å². The van der Waals surface area contributed by atoms with E-state index in [-0.39, 0.29) is 25.0 Å². The Bertz CT molecular complexity index is 617. The smallest absolute Gasteiger partial charge is 0.408 e. The fourth-order valence-electron chi connectivity index (χ4n) is 2.62. The second kappa shape index (κ2) is 14.5. The first-order chi connectivity index (χ1) is 14.8. The lowest BCUT2D eigenvalue weighted by Gasteiger charge is -2.25. The monoisotopic (exact) mass is 459 g/mol. The number of amides is 3. The van der Waals surface area contributed by atoms with Gasteiger partial charge in [0.2, 0.25) is 5.91 Å². The zero-order valence-corrected chi connectivity index (χ0v) is 20.7. The van der Waals surface area contributed by atoms with Gasteiger partial charge in [0, 0.05) is 6.54 Å². The van der Waals surface area contributed by atoms with Gasteiger partial charge in [-0.3, -0.25) is 4.79 Å². The van der Waals surface area contributed by atoms with Crippen molar-refractivity contribution in [1.29, 1.82) is 0 Å². The van der Waals surface area contributed by atoms with Crippen LogP contribution in [0.4, 0.5) is 9.59 Å². The van der Waals surface area contributed by atoms with Crippen molar-refractivity contribution in [3.05, 3.63) is 0 Å². The number of nitrogens with one attached hydrogen (secondary N) is 3. The van der Waals surface area contributed by atoms with Crippen molar-refractivity contribution in [2.45, 2.75) is 97.9 Å². The molecule has 0 radical (unpaired) electrons. The Morgan fingerprint density at radius 2 is 1.56 bits per heavy atom. The molecule has 0 fully saturated rings. The van der Waals surface area contributed by atoms with Crippen molar-refractivity contribution in [3.63, 3.8) is 0 Å². The number of alkyl carbamates (subject to hydrolysis) is 2. The maximum Gasteiger partial charge on any atom is 0.408 e. The lowest BCUT2D eigenvalue weighted by atomic mass is 10.0. The number of hydrogen-bond donors (Lipinski definition) is 3. The number of hydrogen-bond acceptors (Lipinski definition) is 7. The van der Waals surface area contributed by atoms with E-state index in [1.54, 1.807) is 27.7 Å². The molecule has 0 saturated carbocycles. The molecule has 10 nitrogen and oxygen atoms in total. The van der Waals surface area contributed by atoms with Crippen LogP contribution in [0, 0.1) is 5.92 Å². The highest BCUT2D eigenvalue weighted by molar-refractivity contribution is 5.89. The Morgan fingerprint density at radius 3 is 2.06 bits per heavy atom. The lowest BCUT2D eigenvalue weighted by Crippen LogP contribution is -2.53. The quantitative estimate of drug-likeness (QED) is 0.232. The largest absolute Gasteiger partial charge is 0.467 e. The molecule has 186 valence electrons. The number of carbonyl (C=O) groups is 4. The Kier molecular flexibility index (Phi) is 13.4. The molecule has 0 aromatic heterocycles. The van der Waals surface area contributed by atoms with E-state index in [1.165, 1.54) is 7.11 Å². The highest BCUT2D eigenvalue weighted by Gasteiger charge is 2.29. The number of ether oxygens (including phenoxy) is 3. The normalized spacial score (nSPS) is 14.0. The average molecular weight is 460 g/mol. The minimum Gasteiger partial charge on any atom is -0.467 e. The maximum atomic E-state index is 12.9. The van der Waals surface area contributed by atoms with Crippen molar-refractivity contribution in [2.24, 2.45) is 5.92 Å². The number of rotatable bonds is 12. The number of carbonyl (C=O) groups excluding carboxylic acids is 4. The first kappa shape index (κ1) is 29.5. The molecule has 0 aliphatic carbocycles. The van der Waals surface area contributed by atoms with E-state index in [1.807, 2.05) is 20.8 Å². The molecule has 32 heavy (non-hydrogen) atoms. The molecule has 0 rings (SSSR count). The summed E-state index contributed by atoms with van der Waals surface area (Å²) in [4.78, 5) is 48.9. The summed E-state index contributed by atoms with van der Waals surface area (Å²) in [6.45, 7) is 12.9. The SMILES string of the molecule is CCC(C)OC(=O)NCCC[C@H](NC(=O)OC(C)(C)C)C(=O)N[C@H](CC(C)C)C(=O)OC. The molecule has 3 amide bonds. The molecule has 10 heteroatoms. The summed E-state index contributed by atoms with van der Waals surface area (Å²) < 4.78 is 15.2. The summed E-state index contributed by atoms with van der Waals surface area (Å²) in [6.07, 6.45) is 0.205. The Balaban J connectivity index is 5.08. The van der Waals surface area contributed by atoms with Gasteiger partial charge in [0.05, 0.1) is 7.11 Å². The predicted octanol–water partition coefficient (Wildman–Crippen LogP) is 2.89.